The van der Waals surface area contributed by atoms with Crippen LogP contribution in [-0.4, -0.2) is 51.2 Å². The second kappa shape index (κ2) is 12.9. The number of aromatic hydroxyl groups is 1. The van der Waals surface area contributed by atoms with Crippen LogP contribution in [0.15, 0.2) is 42.7 Å². The lowest BCUT2D eigenvalue weighted by molar-refractivity contribution is -0.137. The molecule has 0 spiro atoms. The Balaban J connectivity index is 1.48. The van der Waals surface area contributed by atoms with Gasteiger partial charge in [0.25, 0.3) is 0 Å². The van der Waals surface area contributed by atoms with Gasteiger partial charge >= 0.3 is 6.18 Å². The molecule has 45 heavy (non-hydrogen) atoms. The number of halogens is 3. The maximum atomic E-state index is 14.1. The molecule has 0 radical (unpaired) electrons. The van der Waals surface area contributed by atoms with Crippen molar-refractivity contribution < 1.29 is 37.2 Å². The second-order valence-electron chi connectivity index (χ2n) is 11.4. The van der Waals surface area contributed by atoms with Crippen molar-refractivity contribution in [3.05, 3.63) is 59.4 Å². The number of benzene rings is 2. The van der Waals surface area contributed by atoms with Crippen LogP contribution in [0.5, 0.6) is 11.6 Å². The van der Waals surface area contributed by atoms with Crippen molar-refractivity contribution in [1.29, 1.82) is 0 Å². The predicted octanol–water partition coefficient (Wildman–Crippen LogP) is 7.65. The number of ether oxygens (including phenoxy) is 1. The lowest BCUT2D eigenvalue weighted by atomic mass is 9.81. The Morgan fingerprint density at radius 3 is 2.49 bits per heavy atom. The van der Waals surface area contributed by atoms with Gasteiger partial charge in [0, 0.05) is 37.7 Å². The first-order chi connectivity index (χ1) is 21.3. The summed E-state index contributed by atoms with van der Waals surface area (Å²) in [6, 6.07) is 8.45. The van der Waals surface area contributed by atoms with Gasteiger partial charge in [0.15, 0.2) is 0 Å². The number of fused-ring (bicyclic) bond motifs is 1. The van der Waals surface area contributed by atoms with Crippen LogP contribution in [-0.2, 0) is 28.5 Å². The molecule has 1 aliphatic carbocycles. The molecule has 0 amide bonds. The summed E-state index contributed by atoms with van der Waals surface area (Å²) in [5.74, 6) is -0.210. The minimum absolute atomic E-state index is 0.0127. The van der Waals surface area contributed by atoms with Crippen molar-refractivity contribution >= 4 is 41.3 Å². The SMILES string of the molecule is CCOP(C)(=O)Cc1ccc(Nc2nc(Nc3ccc(C4CCC(O)CC4)c4cn(C)c(O)c34)ncc2C(F)(F)F)c(OC)c1. The van der Waals surface area contributed by atoms with Crippen molar-refractivity contribution in [3.63, 3.8) is 0 Å². The Hall–Kier alpha value is -3.80. The van der Waals surface area contributed by atoms with E-state index in [9.17, 15) is 27.9 Å². The fourth-order valence-corrected chi connectivity index (χ4v) is 7.37. The van der Waals surface area contributed by atoms with Crippen LogP contribution in [0.1, 0.15) is 55.2 Å². The summed E-state index contributed by atoms with van der Waals surface area (Å²) in [6.45, 7) is 3.56. The summed E-state index contributed by atoms with van der Waals surface area (Å²) in [6.07, 6.45) is 0.580. The zero-order chi connectivity index (χ0) is 32.5. The van der Waals surface area contributed by atoms with Crippen LogP contribution in [0.3, 0.4) is 0 Å². The molecule has 1 unspecified atom stereocenters. The van der Waals surface area contributed by atoms with Gasteiger partial charge in [0.1, 0.15) is 17.1 Å². The van der Waals surface area contributed by atoms with Crippen LogP contribution in [0.25, 0.3) is 10.8 Å². The summed E-state index contributed by atoms with van der Waals surface area (Å²) in [5, 5.41) is 27.9. The number of rotatable bonds is 10. The van der Waals surface area contributed by atoms with E-state index in [4.69, 9.17) is 9.26 Å². The van der Waals surface area contributed by atoms with E-state index >= 15 is 0 Å². The molecule has 242 valence electrons. The van der Waals surface area contributed by atoms with E-state index in [1.54, 1.807) is 36.7 Å². The third-order valence-corrected chi connectivity index (χ3v) is 9.77. The Labute approximate surface area is 259 Å². The Morgan fingerprint density at radius 1 is 1.11 bits per heavy atom. The first-order valence-electron chi connectivity index (χ1n) is 14.6. The minimum atomic E-state index is -4.76. The average molecular weight is 648 g/mol. The number of alkyl halides is 3. The van der Waals surface area contributed by atoms with Gasteiger partial charge in [-0.15, -0.1) is 0 Å². The van der Waals surface area contributed by atoms with Gasteiger partial charge in [-0.05, 0) is 67.9 Å². The lowest BCUT2D eigenvalue weighted by Gasteiger charge is -2.26. The molecule has 14 heteroatoms. The van der Waals surface area contributed by atoms with Crippen molar-refractivity contribution in [2.45, 2.75) is 57.0 Å². The van der Waals surface area contributed by atoms with Crippen molar-refractivity contribution in [2.75, 3.05) is 31.0 Å². The lowest BCUT2D eigenvalue weighted by Crippen LogP contribution is -2.17. The number of anilines is 4. The number of aryl methyl sites for hydroxylation is 1. The quantitative estimate of drug-likeness (QED) is 0.128. The first-order valence-corrected chi connectivity index (χ1v) is 16.9. The topological polar surface area (TPSA) is 131 Å². The van der Waals surface area contributed by atoms with E-state index in [0.717, 1.165) is 23.8 Å². The monoisotopic (exact) mass is 647 g/mol. The second-order valence-corrected chi connectivity index (χ2v) is 14.0. The largest absolute Gasteiger partial charge is 0.495 e. The molecule has 1 fully saturated rings. The highest BCUT2D eigenvalue weighted by Gasteiger charge is 2.36. The predicted molar refractivity (Wildman–Crippen MR) is 167 cm³/mol. The van der Waals surface area contributed by atoms with Gasteiger partial charge in [-0.3, -0.25) is 4.57 Å². The molecule has 1 saturated carbocycles. The highest BCUT2D eigenvalue weighted by atomic mass is 31.2. The number of hydrogen-bond acceptors (Lipinski definition) is 9. The molecular weight excluding hydrogens is 610 g/mol. The van der Waals surface area contributed by atoms with Gasteiger partial charge in [0.2, 0.25) is 19.2 Å². The highest BCUT2D eigenvalue weighted by molar-refractivity contribution is 7.57. The third-order valence-electron chi connectivity index (χ3n) is 8.03. The average Bonchev–Trinajstić information content (AvgIpc) is 3.28. The van der Waals surface area contributed by atoms with Crippen molar-refractivity contribution in [1.82, 2.24) is 14.5 Å². The fraction of sp³-hybridized carbons (Fsp3) is 0.419. The van der Waals surface area contributed by atoms with Crippen molar-refractivity contribution in [3.8, 4) is 11.6 Å². The smallest absolute Gasteiger partial charge is 0.421 e. The van der Waals surface area contributed by atoms with Crippen LogP contribution in [0.4, 0.5) is 36.3 Å². The first kappa shape index (κ1) is 32.6. The maximum Gasteiger partial charge on any atom is 0.421 e. The van der Waals surface area contributed by atoms with E-state index in [-0.39, 0.29) is 41.4 Å². The van der Waals surface area contributed by atoms with E-state index < -0.39 is 24.9 Å². The summed E-state index contributed by atoms with van der Waals surface area (Å²) >= 11 is 0. The van der Waals surface area contributed by atoms with Gasteiger partial charge < -0.3 is 34.7 Å². The molecule has 1 atom stereocenters. The number of methoxy groups -OCH3 is 1. The third kappa shape index (κ3) is 7.21. The normalized spacial score (nSPS) is 18.5. The maximum absolute atomic E-state index is 14.1. The number of aliphatic hydroxyl groups excluding tert-OH is 1. The molecule has 2 aromatic heterocycles. The standard InChI is InChI=1S/C31H37F3N5O5P/c1-5-44-45(4,42)17-18-6-12-24(26(14-18)43-3)36-28-23(31(32,33)34)15-35-30(38-28)37-25-13-11-21(19-7-9-20(40)10-8-19)22-16-39(2)29(41)27(22)25/h6,11-16,19-20,40-41H,5,7-10,17H2,1-4H3,(H2,35,36,37,38). The van der Waals surface area contributed by atoms with Gasteiger partial charge in [0.05, 0.1) is 36.6 Å². The van der Waals surface area contributed by atoms with Crippen molar-refractivity contribution in [2.24, 2.45) is 7.05 Å². The van der Waals surface area contributed by atoms with Crippen LogP contribution in [0.2, 0.25) is 0 Å². The highest BCUT2D eigenvalue weighted by Crippen LogP contribution is 2.47. The number of hydrogen-bond donors (Lipinski definition) is 4. The number of nitrogens with one attached hydrogen (secondary N) is 2. The molecule has 10 nitrogen and oxygen atoms in total. The molecule has 4 N–H and O–H groups in total. The Bertz CT molecular complexity index is 1740. The minimum Gasteiger partial charge on any atom is -0.495 e. The number of aromatic nitrogens is 3. The van der Waals surface area contributed by atoms with E-state index in [0.29, 0.717) is 42.3 Å². The molecule has 0 aliphatic heterocycles. The Morgan fingerprint density at radius 2 is 1.82 bits per heavy atom. The molecule has 2 heterocycles. The fourth-order valence-electron chi connectivity index (χ4n) is 5.87. The number of aliphatic hydroxyl groups is 1. The molecule has 5 rings (SSSR count). The van der Waals surface area contributed by atoms with Gasteiger partial charge in [-0.25, -0.2) is 4.98 Å². The summed E-state index contributed by atoms with van der Waals surface area (Å²) in [5.41, 5.74) is 1.22. The van der Waals surface area contributed by atoms with E-state index in [1.807, 2.05) is 12.3 Å². The Kier molecular flexibility index (Phi) is 9.34. The van der Waals surface area contributed by atoms with Crippen LogP contribution >= 0.6 is 7.37 Å². The zero-order valence-corrected chi connectivity index (χ0v) is 26.4. The van der Waals surface area contributed by atoms with E-state index in [1.165, 1.54) is 19.8 Å². The van der Waals surface area contributed by atoms with E-state index in [2.05, 4.69) is 20.6 Å². The molecular formula is C31H37F3N5O5P. The van der Waals surface area contributed by atoms with Crippen LogP contribution in [0, 0.1) is 0 Å². The molecule has 0 bridgehead atoms. The number of nitrogens with zero attached hydrogens (tertiary/aromatic N) is 3. The molecule has 2 aromatic carbocycles. The van der Waals surface area contributed by atoms with Gasteiger partial charge in [-0.2, -0.15) is 18.2 Å². The van der Waals surface area contributed by atoms with Gasteiger partial charge in [-0.1, -0.05) is 12.1 Å². The zero-order valence-electron chi connectivity index (χ0n) is 25.5. The molecule has 0 saturated heterocycles. The summed E-state index contributed by atoms with van der Waals surface area (Å²) in [7, 11) is 0.176. The summed E-state index contributed by atoms with van der Waals surface area (Å²) < 4.78 is 67.2. The molecule has 4 aromatic rings. The summed E-state index contributed by atoms with van der Waals surface area (Å²) in [4.78, 5) is 8.13. The van der Waals surface area contributed by atoms with Crippen LogP contribution < -0.4 is 15.4 Å². The molecule has 1 aliphatic rings.